The Morgan fingerprint density at radius 3 is 1.36 bits per heavy atom. The maximum Gasteiger partial charge on any atom is 0.133 e. The first-order valence-corrected chi connectivity index (χ1v) is 20.7. The standard InChI is InChI=1S/C49H50N4O3/c54-37(27-42(46-40-17-9-7-15-38(40)44-29-50-31-52(44)46)48(55)23-19-35(20-24-48)33-11-3-1-4-12-33)28-43(47-41-18-10-8-16-39(41)45-30-51-32-53(45)47)49(56)25-21-36(22-26-49)34-13-5-2-6-14-34/h1-18,29-32,35-36,42-43,46-47,55-56H,19-28H2. The number of imidazole rings is 2. The van der Waals surface area contributed by atoms with Crippen LogP contribution in [0, 0.1) is 11.8 Å². The molecule has 2 aromatic heterocycles. The normalized spacial score (nSPS) is 27.5. The molecule has 2 saturated carbocycles. The van der Waals surface area contributed by atoms with Gasteiger partial charge < -0.3 is 19.3 Å². The number of hydrogen-bond donors (Lipinski definition) is 2. The fourth-order valence-corrected chi connectivity index (χ4v) is 11.4. The van der Waals surface area contributed by atoms with Gasteiger partial charge in [-0.3, -0.25) is 4.79 Å². The minimum atomic E-state index is -1.05. The van der Waals surface area contributed by atoms with Crippen molar-refractivity contribution in [3.63, 3.8) is 0 Å². The van der Waals surface area contributed by atoms with E-state index < -0.39 is 11.2 Å². The summed E-state index contributed by atoms with van der Waals surface area (Å²) in [6, 6.07) is 37.7. The van der Waals surface area contributed by atoms with E-state index in [1.54, 1.807) is 0 Å². The Labute approximate surface area is 329 Å². The molecule has 0 amide bonds. The zero-order valence-corrected chi connectivity index (χ0v) is 31.8. The molecule has 2 aliphatic carbocycles. The summed E-state index contributed by atoms with van der Waals surface area (Å²) < 4.78 is 4.40. The van der Waals surface area contributed by atoms with Crippen LogP contribution in [-0.4, -0.2) is 46.3 Å². The van der Waals surface area contributed by atoms with Crippen LogP contribution in [0.1, 0.15) is 110 Å². The number of aromatic nitrogens is 4. The van der Waals surface area contributed by atoms with Crippen LogP contribution in [0.5, 0.6) is 0 Å². The Kier molecular flexibility index (Phi) is 8.91. The zero-order valence-electron chi connectivity index (χ0n) is 31.8. The molecule has 7 heteroatoms. The Morgan fingerprint density at radius 2 is 0.946 bits per heavy atom. The van der Waals surface area contributed by atoms with Gasteiger partial charge in [-0.2, -0.15) is 0 Å². The molecule has 284 valence electrons. The van der Waals surface area contributed by atoms with E-state index in [9.17, 15) is 10.2 Å². The van der Waals surface area contributed by atoms with E-state index in [-0.39, 0.29) is 42.5 Å². The van der Waals surface area contributed by atoms with Crippen molar-refractivity contribution in [3.8, 4) is 22.5 Å². The second kappa shape index (κ2) is 14.1. The molecule has 0 spiro atoms. The molecule has 2 N–H and O–H groups in total. The van der Waals surface area contributed by atoms with Crippen LogP contribution >= 0.6 is 0 Å². The van der Waals surface area contributed by atoms with Crippen LogP contribution in [0.15, 0.2) is 134 Å². The summed E-state index contributed by atoms with van der Waals surface area (Å²) >= 11 is 0. The maximum absolute atomic E-state index is 15.2. The number of ketones is 1. The predicted molar refractivity (Wildman–Crippen MR) is 218 cm³/mol. The van der Waals surface area contributed by atoms with Crippen molar-refractivity contribution in [2.45, 2.75) is 99.3 Å². The van der Waals surface area contributed by atoms with Gasteiger partial charge in [0.2, 0.25) is 0 Å². The van der Waals surface area contributed by atoms with Crippen LogP contribution in [-0.2, 0) is 4.79 Å². The lowest BCUT2D eigenvalue weighted by molar-refractivity contribution is -0.132. The molecule has 4 aliphatic rings. The minimum absolute atomic E-state index is 0.0920. The highest BCUT2D eigenvalue weighted by atomic mass is 16.3. The smallest absolute Gasteiger partial charge is 0.133 e. The number of rotatable bonds is 10. The topological polar surface area (TPSA) is 93.2 Å². The van der Waals surface area contributed by atoms with Crippen LogP contribution in [0.4, 0.5) is 0 Å². The van der Waals surface area contributed by atoms with E-state index in [0.717, 1.165) is 59.3 Å². The van der Waals surface area contributed by atoms with Crippen molar-refractivity contribution in [3.05, 3.63) is 156 Å². The Morgan fingerprint density at radius 1 is 0.571 bits per heavy atom. The van der Waals surface area contributed by atoms with E-state index in [1.165, 1.54) is 11.1 Å². The molecule has 0 bridgehead atoms. The summed E-state index contributed by atoms with van der Waals surface area (Å²) in [5.41, 5.74) is 7.11. The van der Waals surface area contributed by atoms with Gasteiger partial charge in [0.1, 0.15) is 5.78 Å². The quantitative estimate of drug-likeness (QED) is 0.146. The number of Topliss-reactive ketones (excluding diaryl/α,β-unsaturated/α-hetero) is 1. The molecule has 0 radical (unpaired) electrons. The predicted octanol–water partition coefficient (Wildman–Crippen LogP) is 9.68. The lowest BCUT2D eigenvalue weighted by atomic mass is 9.64. The molecule has 7 nitrogen and oxygen atoms in total. The van der Waals surface area contributed by atoms with Gasteiger partial charge in [-0.05, 0) is 85.5 Å². The summed E-state index contributed by atoms with van der Waals surface area (Å²) in [4.78, 5) is 24.3. The molecule has 4 heterocycles. The van der Waals surface area contributed by atoms with E-state index in [0.29, 0.717) is 37.5 Å². The monoisotopic (exact) mass is 742 g/mol. The molecule has 6 aromatic rings. The number of hydrogen-bond acceptors (Lipinski definition) is 5. The highest BCUT2D eigenvalue weighted by molar-refractivity contribution is 5.80. The summed E-state index contributed by atoms with van der Waals surface area (Å²) in [5.74, 6) is 0.112. The van der Waals surface area contributed by atoms with Crippen molar-refractivity contribution < 1.29 is 15.0 Å². The van der Waals surface area contributed by atoms with Crippen molar-refractivity contribution >= 4 is 5.78 Å². The highest BCUT2D eigenvalue weighted by Crippen LogP contribution is 2.55. The molecule has 0 saturated heterocycles. The van der Waals surface area contributed by atoms with Gasteiger partial charge in [-0.15, -0.1) is 0 Å². The van der Waals surface area contributed by atoms with Crippen LogP contribution in [0.25, 0.3) is 22.5 Å². The minimum Gasteiger partial charge on any atom is -0.389 e. The number of aliphatic hydroxyl groups is 2. The molecule has 4 unspecified atom stereocenters. The molecule has 4 aromatic carbocycles. The fourth-order valence-electron chi connectivity index (χ4n) is 11.4. The van der Waals surface area contributed by atoms with Gasteiger partial charge in [0.25, 0.3) is 0 Å². The molecule has 2 aliphatic heterocycles. The zero-order chi connectivity index (χ0) is 37.9. The first-order chi connectivity index (χ1) is 27.4. The number of carbonyl (C=O) groups excluding carboxylic acids is 1. The van der Waals surface area contributed by atoms with Crippen molar-refractivity contribution in [2.75, 3.05) is 0 Å². The first-order valence-electron chi connectivity index (χ1n) is 20.7. The van der Waals surface area contributed by atoms with Crippen molar-refractivity contribution in [2.24, 2.45) is 11.8 Å². The SMILES string of the molecule is O=C(CC(C1c2ccccc2-c2cncn21)C1(O)CCC(c2ccccc2)CC1)CC(C1c2ccccc2-c2cncn21)C1(O)CCC(c2ccccc2)CC1. The lowest BCUT2D eigenvalue weighted by Gasteiger charge is -2.46. The summed E-state index contributed by atoms with van der Waals surface area (Å²) in [6.45, 7) is 0. The fraction of sp³-hybridized carbons (Fsp3) is 0.367. The van der Waals surface area contributed by atoms with Gasteiger partial charge >= 0.3 is 0 Å². The van der Waals surface area contributed by atoms with Gasteiger partial charge in [-0.25, -0.2) is 9.97 Å². The number of benzene rings is 4. The van der Waals surface area contributed by atoms with Gasteiger partial charge in [0.15, 0.2) is 0 Å². The van der Waals surface area contributed by atoms with E-state index >= 15 is 4.79 Å². The lowest BCUT2D eigenvalue weighted by Crippen LogP contribution is -2.48. The average molecular weight is 743 g/mol. The van der Waals surface area contributed by atoms with Gasteiger partial charge in [0, 0.05) is 35.8 Å². The van der Waals surface area contributed by atoms with Crippen LogP contribution in [0.2, 0.25) is 0 Å². The third-order valence-corrected chi connectivity index (χ3v) is 14.3. The Hall–Kier alpha value is -5.11. The number of nitrogens with zero attached hydrogens (tertiary/aromatic N) is 4. The molecule has 2 fully saturated rings. The highest BCUT2D eigenvalue weighted by Gasteiger charge is 2.51. The molecular weight excluding hydrogens is 693 g/mol. The largest absolute Gasteiger partial charge is 0.389 e. The second-order valence-corrected chi connectivity index (χ2v) is 17.2. The molecular formula is C49H50N4O3. The van der Waals surface area contributed by atoms with Crippen molar-refractivity contribution in [1.82, 2.24) is 19.1 Å². The third kappa shape index (κ3) is 5.98. The van der Waals surface area contributed by atoms with Crippen LogP contribution < -0.4 is 0 Å². The second-order valence-electron chi connectivity index (χ2n) is 17.2. The van der Waals surface area contributed by atoms with E-state index in [4.69, 9.17) is 0 Å². The maximum atomic E-state index is 15.2. The van der Waals surface area contributed by atoms with E-state index in [1.807, 2.05) is 25.0 Å². The molecule has 4 atom stereocenters. The summed E-state index contributed by atoms with van der Waals surface area (Å²) in [5, 5.41) is 25.9. The first kappa shape index (κ1) is 35.3. The summed E-state index contributed by atoms with van der Waals surface area (Å²) in [6.07, 6.45) is 13.9. The summed E-state index contributed by atoms with van der Waals surface area (Å²) in [7, 11) is 0. The van der Waals surface area contributed by atoms with Gasteiger partial charge in [0.05, 0.1) is 59.7 Å². The molecule has 56 heavy (non-hydrogen) atoms. The van der Waals surface area contributed by atoms with Crippen molar-refractivity contribution in [1.29, 1.82) is 0 Å². The number of carbonyl (C=O) groups is 1. The average Bonchev–Trinajstić information content (AvgIpc) is 4.03. The Balaban J connectivity index is 0.999. The molecule has 10 rings (SSSR count). The third-order valence-electron chi connectivity index (χ3n) is 14.3. The van der Waals surface area contributed by atoms with Gasteiger partial charge in [-0.1, -0.05) is 109 Å². The van der Waals surface area contributed by atoms with Crippen LogP contribution in [0.3, 0.4) is 0 Å². The van der Waals surface area contributed by atoms with E-state index in [2.05, 4.69) is 128 Å². The Bertz CT molecular complexity index is 2170. The number of fused-ring (bicyclic) bond motifs is 6.